The van der Waals surface area contributed by atoms with Gasteiger partial charge in [0.2, 0.25) is 11.1 Å². The monoisotopic (exact) mass is 410 g/mol. The van der Waals surface area contributed by atoms with Gasteiger partial charge in [0.25, 0.3) is 0 Å². The molecule has 1 aromatic carbocycles. The Hall–Kier alpha value is -2.87. The summed E-state index contributed by atoms with van der Waals surface area (Å²) < 4.78 is 3.68. The van der Waals surface area contributed by atoms with Crippen molar-refractivity contribution in [1.29, 1.82) is 0 Å². The minimum absolute atomic E-state index is 0.0216. The Bertz CT molecular complexity index is 1120. The first-order valence-corrected chi connectivity index (χ1v) is 10.8. The summed E-state index contributed by atoms with van der Waals surface area (Å²) in [4.78, 5) is 30.9. The van der Waals surface area contributed by atoms with Gasteiger partial charge < -0.3 is 4.57 Å². The maximum absolute atomic E-state index is 13.1. The molecule has 3 aromatic rings. The van der Waals surface area contributed by atoms with Gasteiger partial charge >= 0.3 is 17.4 Å². The number of fused-ring (bicyclic) bond motifs is 3. The summed E-state index contributed by atoms with van der Waals surface area (Å²) in [6.07, 6.45) is 2.73. The van der Waals surface area contributed by atoms with Crippen molar-refractivity contribution in [2.24, 2.45) is 7.05 Å². The van der Waals surface area contributed by atoms with Gasteiger partial charge in [-0.15, -0.1) is 0 Å². The van der Waals surface area contributed by atoms with Gasteiger partial charge in [-0.2, -0.15) is 0 Å². The molecule has 0 fully saturated rings. The fourth-order valence-electron chi connectivity index (χ4n) is 3.69. The first-order chi connectivity index (χ1) is 14.1. The van der Waals surface area contributed by atoms with Crippen LogP contribution in [0.4, 0.5) is 5.69 Å². The molecule has 0 radical (unpaired) electrons. The summed E-state index contributed by atoms with van der Waals surface area (Å²) in [6, 6.07) is 11.4. The minimum atomic E-state index is -0.532. The number of hydrogen-bond acceptors (Lipinski definition) is 4. The number of aromatic amines is 1. The summed E-state index contributed by atoms with van der Waals surface area (Å²) >= 11 is 1.51. The van der Waals surface area contributed by atoms with Gasteiger partial charge in [-0.3, -0.25) is 14.6 Å². The third-order valence-electron chi connectivity index (χ3n) is 5.02. The van der Waals surface area contributed by atoms with Gasteiger partial charge in [-0.1, -0.05) is 37.7 Å². The lowest BCUT2D eigenvalue weighted by Crippen LogP contribution is -2.61. The zero-order valence-corrected chi connectivity index (χ0v) is 17.6. The maximum atomic E-state index is 13.1. The van der Waals surface area contributed by atoms with Crippen LogP contribution in [0.2, 0.25) is 0 Å². The quantitative estimate of drug-likeness (QED) is 0.518. The molecule has 0 bridgehead atoms. The third kappa shape index (κ3) is 3.27. The van der Waals surface area contributed by atoms with Crippen molar-refractivity contribution in [3.63, 3.8) is 0 Å². The second-order valence-electron chi connectivity index (χ2n) is 6.95. The fraction of sp³-hybridized carbons (Fsp3) is 0.333. The molecule has 1 aliphatic rings. The average molecular weight is 411 g/mol. The van der Waals surface area contributed by atoms with Crippen LogP contribution in [0.25, 0.3) is 11.3 Å². The van der Waals surface area contributed by atoms with Crippen LogP contribution in [0.1, 0.15) is 38.5 Å². The Labute approximate surface area is 173 Å². The number of nitrogens with one attached hydrogen (secondary N) is 1. The molecule has 0 aliphatic carbocycles. The Morgan fingerprint density at radius 3 is 2.72 bits per heavy atom. The molecule has 8 heteroatoms. The number of benzene rings is 1. The molecule has 1 aliphatic heterocycles. The highest BCUT2D eigenvalue weighted by Crippen LogP contribution is 2.37. The lowest BCUT2D eigenvalue weighted by molar-refractivity contribution is -0.763. The summed E-state index contributed by atoms with van der Waals surface area (Å²) in [5.41, 5.74) is 2.59. The van der Waals surface area contributed by atoms with E-state index < -0.39 is 6.17 Å². The molecule has 3 heterocycles. The van der Waals surface area contributed by atoms with Crippen LogP contribution in [-0.4, -0.2) is 26.3 Å². The molecule has 1 amide bonds. The first kappa shape index (κ1) is 19.4. The Kier molecular flexibility index (Phi) is 5.27. The van der Waals surface area contributed by atoms with Crippen LogP contribution in [0.5, 0.6) is 0 Å². The predicted octanol–water partition coefficient (Wildman–Crippen LogP) is 2.87. The van der Waals surface area contributed by atoms with E-state index in [1.165, 1.54) is 11.8 Å². The molecule has 1 atom stereocenters. The van der Waals surface area contributed by atoms with E-state index in [0.717, 1.165) is 23.6 Å². The number of H-pyrrole nitrogens is 1. The summed E-state index contributed by atoms with van der Waals surface area (Å²) in [6.45, 7) is 3.93. The van der Waals surface area contributed by atoms with E-state index in [2.05, 4.69) is 11.9 Å². The molecule has 29 heavy (non-hydrogen) atoms. The second kappa shape index (κ2) is 7.87. The molecule has 1 N–H and O–H groups in total. The number of anilines is 1. The molecule has 0 spiro atoms. The standard InChI is InChI=1S/C21H23N5O2S/c1-4-13-29-21-22-19(28)18-14-9-6-7-10-15(14)25(17(27)5-2)20(26(18)23-21)16-11-8-12-24(16)3/h6-12,20H,4-5,13H2,1-3H3/p+1/t20-/m0/s1. The summed E-state index contributed by atoms with van der Waals surface area (Å²) in [5, 5.41) is 5.33. The van der Waals surface area contributed by atoms with E-state index >= 15 is 0 Å². The Morgan fingerprint density at radius 1 is 1.24 bits per heavy atom. The van der Waals surface area contributed by atoms with Crippen molar-refractivity contribution >= 4 is 23.4 Å². The van der Waals surface area contributed by atoms with Crippen LogP contribution in [0.15, 0.2) is 52.5 Å². The number of thioether (sulfide) groups is 1. The van der Waals surface area contributed by atoms with Crippen molar-refractivity contribution in [1.82, 2.24) is 14.6 Å². The Morgan fingerprint density at radius 2 is 2.03 bits per heavy atom. The molecule has 2 aromatic heterocycles. The number of amides is 1. The highest BCUT2D eigenvalue weighted by molar-refractivity contribution is 7.99. The van der Waals surface area contributed by atoms with E-state index in [0.29, 0.717) is 22.8 Å². The van der Waals surface area contributed by atoms with Crippen LogP contribution in [-0.2, 0) is 11.8 Å². The normalized spacial score (nSPS) is 15.1. The van der Waals surface area contributed by atoms with Crippen molar-refractivity contribution in [3.8, 4) is 11.3 Å². The topological polar surface area (TPSA) is 74.9 Å². The summed E-state index contributed by atoms with van der Waals surface area (Å²) in [5.74, 6) is 0.831. The lowest BCUT2D eigenvalue weighted by atomic mass is 10.0. The summed E-state index contributed by atoms with van der Waals surface area (Å²) in [7, 11) is 1.94. The molecular weight excluding hydrogens is 386 g/mol. The largest absolute Gasteiger partial charge is 0.347 e. The number of aromatic nitrogens is 4. The van der Waals surface area contributed by atoms with Crippen molar-refractivity contribution in [2.45, 2.75) is 38.0 Å². The number of aryl methyl sites for hydroxylation is 1. The van der Waals surface area contributed by atoms with Gasteiger partial charge in [0.05, 0.1) is 11.3 Å². The maximum Gasteiger partial charge on any atom is 0.325 e. The number of rotatable bonds is 5. The third-order valence-corrected chi connectivity index (χ3v) is 6.09. The SMILES string of the molecule is CCCSc1n[n+]2c(c(=O)[nH]1)-c1ccccc1N(C(=O)CC)[C@@H]2c1cccn1C. The highest BCUT2D eigenvalue weighted by Gasteiger charge is 2.46. The van der Waals surface area contributed by atoms with Crippen LogP contribution in [0, 0.1) is 0 Å². The van der Waals surface area contributed by atoms with Gasteiger partial charge in [0, 0.05) is 30.5 Å². The van der Waals surface area contributed by atoms with Crippen molar-refractivity contribution in [2.75, 3.05) is 10.7 Å². The van der Waals surface area contributed by atoms with Crippen LogP contribution < -0.4 is 15.1 Å². The Balaban J connectivity index is 2.03. The molecule has 4 rings (SSSR count). The number of nitrogens with zero attached hydrogens (tertiary/aromatic N) is 4. The molecular formula is C21H24N5O2S+. The minimum Gasteiger partial charge on any atom is -0.347 e. The van der Waals surface area contributed by atoms with E-state index in [-0.39, 0.29) is 11.5 Å². The fourth-order valence-corrected chi connectivity index (χ4v) is 4.39. The van der Waals surface area contributed by atoms with Crippen molar-refractivity contribution < 1.29 is 9.48 Å². The lowest BCUT2D eigenvalue weighted by Gasteiger charge is -2.32. The van der Waals surface area contributed by atoms with E-state index in [4.69, 9.17) is 5.10 Å². The van der Waals surface area contributed by atoms with Crippen LogP contribution >= 0.6 is 11.8 Å². The molecule has 0 saturated carbocycles. The highest BCUT2D eigenvalue weighted by atomic mass is 32.2. The molecule has 0 saturated heterocycles. The molecule has 7 nitrogen and oxygen atoms in total. The molecule has 150 valence electrons. The number of carbonyl (C=O) groups is 1. The van der Waals surface area contributed by atoms with Gasteiger partial charge in [-0.05, 0) is 35.4 Å². The van der Waals surface area contributed by atoms with Crippen molar-refractivity contribution in [3.05, 3.63) is 58.6 Å². The van der Waals surface area contributed by atoms with Gasteiger partial charge in [0.1, 0.15) is 5.69 Å². The first-order valence-electron chi connectivity index (χ1n) is 9.78. The zero-order chi connectivity index (χ0) is 20.5. The zero-order valence-electron chi connectivity index (χ0n) is 16.8. The smallest absolute Gasteiger partial charge is 0.325 e. The number of hydrogen-bond donors (Lipinski definition) is 1. The average Bonchev–Trinajstić information content (AvgIpc) is 3.15. The van der Waals surface area contributed by atoms with Gasteiger partial charge in [-0.25, -0.2) is 4.90 Å². The predicted molar refractivity (Wildman–Crippen MR) is 113 cm³/mol. The van der Waals surface area contributed by atoms with Crippen LogP contribution in [0.3, 0.4) is 0 Å². The van der Waals surface area contributed by atoms with E-state index in [1.54, 1.807) is 9.58 Å². The second-order valence-corrected chi connectivity index (χ2v) is 8.04. The number of carbonyl (C=O) groups excluding carboxylic acids is 1. The number of para-hydroxylation sites is 1. The van der Waals surface area contributed by atoms with E-state index in [1.807, 2.05) is 61.1 Å². The molecule has 0 unspecified atom stereocenters. The van der Waals surface area contributed by atoms with Gasteiger partial charge in [0.15, 0.2) is 0 Å². The van der Waals surface area contributed by atoms with E-state index in [9.17, 15) is 9.59 Å².